The molecule has 1 aromatic heterocycles. The third-order valence-electron chi connectivity index (χ3n) is 1.76. The summed E-state index contributed by atoms with van der Waals surface area (Å²) in [4.78, 5) is 14.3. The van der Waals surface area contributed by atoms with E-state index in [-0.39, 0.29) is 11.5 Å². The summed E-state index contributed by atoms with van der Waals surface area (Å²) in [6.45, 7) is 5.70. The Bertz CT molecular complexity index is 406. The highest BCUT2D eigenvalue weighted by atomic mass is 79.9. The number of pyridine rings is 1. The lowest BCUT2D eigenvalue weighted by Crippen LogP contribution is -2.06. The van der Waals surface area contributed by atoms with E-state index in [4.69, 9.17) is 0 Å². The maximum atomic E-state index is 10.8. The third kappa shape index (κ3) is 3.02. The molecule has 1 aromatic rings. The predicted octanol–water partition coefficient (Wildman–Crippen LogP) is 2.62. The normalized spacial score (nSPS) is 9.73. The van der Waals surface area contributed by atoms with Crippen molar-refractivity contribution in [1.29, 1.82) is 0 Å². The highest BCUT2D eigenvalue weighted by molar-refractivity contribution is 9.11. The van der Waals surface area contributed by atoms with Crippen molar-refractivity contribution in [2.75, 3.05) is 11.9 Å². The minimum Gasteiger partial charge on any atom is -0.360 e. The Balaban J connectivity index is 3.01. The van der Waals surface area contributed by atoms with Crippen LogP contribution in [0.15, 0.2) is 23.3 Å². The van der Waals surface area contributed by atoms with Crippen molar-refractivity contribution < 1.29 is 4.92 Å². The number of halogens is 1. The van der Waals surface area contributed by atoms with Gasteiger partial charge < -0.3 is 5.32 Å². The second-order valence-electron chi connectivity index (χ2n) is 2.95. The molecule has 0 radical (unpaired) electrons. The van der Waals surface area contributed by atoms with Crippen LogP contribution in [0.5, 0.6) is 0 Å². The number of nitro groups is 1. The molecule has 0 fully saturated rings. The maximum Gasteiger partial charge on any atom is 0.314 e. The summed E-state index contributed by atoms with van der Waals surface area (Å²) in [5.41, 5.74) is 0.587. The lowest BCUT2D eigenvalue weighted by Gasteiger charge is -2.06. The summed E-state index contributed by atoms with van der Waals surface area (Å²) in [5, 5.41) is 13.6. The van der Waals surface area contributed by atoms with Crippen LogP contribution in [-0.2, 0) is 0 Å². The molecule has 0 amide bonds. The van der Waals surface area contributed by atoms with Gasteiger partial charge in [0.1, 0.15) is 0 Å². The van der Waals surface area contributed by atoms with Gasteiger partial charge in [0.2, 0.25) is 5.82 Å². The van der Waals surface area contributed by atoms with Crippen molar-refractivity contribution in [3.05, 3.63) is 39.0 Å². The molecular weight excluding hydrogens is 262 g/mol. The first-order chi connectivity index (χ1) is 7.02. The van der Waals surface area contributed by atoms with Crippen molar-refractivity contribution in [2.45, 2.75) is 6.92 Å². The minimum absolute atomic E-state index is 0.00579. The summed E-state index contributed by atoms with van der Waals surface area (Å²) < 4.78 is 0.708. The molecule has 0 saturated heterocycles. The second-order valence-corrected chi connectivity index (χ2v) is 4.07. The zero-order valence-corrected chi connectivity index (χ0v) is 9.74. The van der Waals surface area contributed by atoms with Gasteiger partial charge in [-0.3, -0.25) is 10.1 Å². The molecule has 1 heterocycles. The van der Waals surface area contributed by atoms with E-state index in [1.165, 1.54) is 6.20 Å². The molecule has 15 heavy (non-hydrogen) atoms. The number of aromatic nitrogens is 1. The zero-order valence-electron chi connectivity index (χ0n) is 8.16. The summed E-state index contributed by atoms with van der Waals surface area (Å²) in [6.07, 6.45) is 1.53. The van der Waals surface area contributed by atoms with Crippen molar-refractivity contribution in [2.24, 2.45) is 0 Å². The van der Waals surface area contributed by atoms with E-state index in [2.05, 4.69) is 32.8 Å². The monoisotopic (exact) mass is 271 g/mol. The predicted molar refractivity (Wildman–Crippen MR) is 62.2 cm³/mol. The SMILES string of the molecule is C=C(Br)CNc1nccc(C)c1[N+](=O)[O-]. The van der Waals surface area contributed by atoms with E-state index in [1.807, 2.05) is 0 Å². The summed E-state index contributed by atoms with van der Waals surface area (Å²) >= 11 is 3.16. The Morgan fingerprint density at radius 3 is 3.00 bits per heavy atom. The molecule has 0 aliphatic heterocycles. The Morgan fingerprint density at radius 2 is 2.47 bits per heavy atom. The Kier molecular flexibility index (Phi) is 3.79. The van der Waals surface area contributed by atoms with Crippen molar-refractivity contribution in [1.82, 2.24) is 4.98 Å². The molecule has 5 nitrogen and oxygen atoms in total. The van der Waals surface area contributed by atoms with Crippen molar-refractivity contribution in [3.63, 3.8) is 0 Å². The number of nitrogens with one attached hydrogen (secondary N) is 1. The largest absolute Gasteiger partial charge is 0.360 e. The lowest BCUT2D eigenvalue weighted by molar-refractivity contribution is -0.384. The number of aryl methyl sites for hydroxylation is 1. The third-order valence-corrected chi connectivity index (χ3v) is 2.04. The Morgan fingerprint density at radius 1 is 1.80 bits per heavy atom. The van der Waals surface area contributed by atoms with E-state index in [1.54, 1.807) is 13.0 Å². The fourth-order valence-corrected chi connectivity index (χ4v) is 1.23. The molecule has 6 heteroatoms. The number of rotatable bonds is 4. The van der Waals surface area contributed by atoms with Gasteiger partial charge in [0.25, 0.3) is 0 Å². The van der Waals surface area contributed by atoms with Gasteiger partial charge in [-0.1, -0.05) is 22.5 Å². The minimum atomic E-state index is -0.443. The van der Waals surface area contributed by atoms with Crippen molar-refractivity contribution in [3.8, 4) is 0 Å². The van der Waals surface area contributed by atoms with Crippen LogP contribution >= 0.6 is 15.9 Å². The van der Waals surface area contributed by atoms with E-state index in [9.17, 15) is 10.1 Å². The maximum absolute atomic E-state index is 10.8. The second kappa shape index (κ2) is 4.88. The number of hydrogen-bond acceptors (Lipinski definition) is 4. The topological polar surface area (TPSA) is 68.1 Å². The summed E-state index contributed by atoms with van der Waals surface area (Å²) in [5.74, 6) is 0.264. The molecule has 1 N–H and O–H groups in total. The van der Waals surface area contributed by atoms with Gasteiger partial charge in [-0.15, -0.1) is 0 Å². The van der Waals surface area contributed by atoms with Crippen LogP contribution in [-0.4, -0.2) is 16.5 Å². The van der Waals surface area contributed by atoms with Gasteiger partial charge in [0, 0.05) is 22.8 Å². The van der Waals surface area contributed by atoms with Crippen LogP contribution in [0.3, 0.4) is 0 Å². The highest BCUT2D eigenvalue weighted by Crippen LogP contribution is 2.25. The standard InChI is InChI=1S/C9H10BrN3O2/c1-6-3-4-11-9(8(6)13(14)15)12-5-7(2)10/h3-4H,2,5H2,1H3,(H,11,12). The molecule has 0 aliphatic rings. The molecule has 1 rings (SSSR count). The van der Waals surface area contributed by atoms with Crippen LogP contribution < -0.4 is 5.32 Å². The van der Waals surface area contributed by atoms with Crippen molar-refractivity contribution >= 4 is 27.4 Å². The van der Waals surface area contributed by atoms with E-state index < -0.39 is 4.92 Å². The summed E-state index contributed by atoms with van der Waals surface area (Å²) in [6, 6.07) is 1.60. The van der Waals surface area contributed by atoms with Gasteiger partial charge >= 0.3 is 5.69 Å². The van der Waals surface area contributed by atoms with Crippen LogP contribution in [0.25, 0.3) is 0 Å². The molecule has 0 atom stereocenters. The number of hydrogen-bond donors (Lipinski definition) is 1. The Hall–Kier alpha value is -1.43. The van der Waals surface area contributed by atoms with Crippen LogP contribution in [0.4, 0.5) is 11.5 Å². The van der Waals surface area contributed by atoms with Crippen LogP contribution in [0.1, 0.15) is 5.56 Å². The van der Waals surface area contributed by atoms with Gasteiger partial charge in [0.15, 0.2) is 0 Å². The van der Waals surface area contributed by atoms with E-state index in [0.717, 1.165) is 0 Å². The summed E-state index contributed by atoms with van der Waals surface area (Å²) in [7, 11) is 0. The fourth-order valence-electron chi connectivity index (χ4n) is 1.09. The smallest absolute Gasteiger partial charge is 0.314 e. The molecule has 0 aromatic carbocycles. The van der Waals surface area contributed by atoms with Gasteiger partial charge in [0.05, 0.1) is 4.92 Å². The fraction of sp³-hybridized carbons (Fsp3) is 0.222. The van der Waals surface area contributed by atoms with Crippen LogP contribution in [0.2, 0.25) is 0 Å². The molecule has 0 saturated carbocycles. The molecule has 0 spiro atoms. The molecule has 0 unspecified atom stereocenters. The quantitative estimate of drug-likeness (QED) is 0.675. The molecule has 80 valence electrons. The highest BCUT2D eigenvalue weighted by Gasteiger charge is 2.17. The average molecular weight is 272 g/mol. The van der Waals surface area contributed by atoms with Gasteiger partial charge in [-0.05, 0) is 13.0 Å². The Labute approximate surface area is 95.5 Å². The first-order valence-corrected chi connectivity index (χ1v) is 4.99. The van der Waals surface area contributed by atoms with Gasteiger partial charge in [-0.2, -0.15) is 0 Å². The number of anilines is 1. The number of nitrogens with zero attached hydrogens (tertiary/aromatic N) is 2. The average Bonchev–Trinajstić information content (AvgIpc) is 2.13. The van der Waals surface area contributed by atoms with Gasteiger partial charge in [-0.25, -0.2) is 4.98 Å². The van der Waals surface area contributed by atoms with E-state index in [0.29, 0.717) is 16.6 Å². The molecule has 0 bridgehead atoms. The molecular formula is C9H10BrN3O2. The van der Waals surface area contributed by atoms with E-state index >= 15 is 0 Å². The lowest BCUT2D eigenvalue weighted by atomic mass is 10.2. The first-order valence-electron chi connectivity index (χ1n) is 4.19. The zero-order chi connectivity index (χ0) is 11.4. The molecule has 0 aliphatic carbocycles. The van der Waals surface area contributed by atoms with Crippen LogP contribution in [0, 0.1) is 17.0 Å². The first kappa shape index (κ1) is 11.6.